The van der Waals surface area contributed by atoms with Crippen LogP contribution in [0.15, 0.2) is 18.2 Å². The molecule has 3 heterocycles. The lowest BCUT2D eigenvalue weighted by Gasteiger charge is -2.26. The van der Waals surface area contributed by atoms with Gasteiger partial charge in [0.05, 0.1) is 24.2 Å². The van der Waals surface area contributed by atoms with Gasteiger partial charge in [-0.1, -0.05) is 11.6 Å². The molecular weight excluding hydrogens is 326 g/mol. The van der Waals surface area contributed by atoms with Gasteiger partial charge in [-0.05, 0) is 37.5 Å². The predicted molar refractivity (Wildman–Crippen MR) is 94.5 cm³/mol. The lowest BCUT2D eigenvalue weighted by atomic mass is 10.2. The van der Waals surface area contributed by atoms with Gasteiger partial charge < -0.3 is 14.0 Å². The number of benzene rings is 1. The van der Waals surface area contributed by atoms with E-state index in [2.05, 4.69) is 9.47 Å². The number of aryl methyl sites for hydroxylation is 1. The third-order valence-electron chi connectivity index (χ3n) is 4.92. The molecular formula is C18H24ClN3O2. The second-order valence-corrected chi connectivity index (χ2v) is 7.00. The summed E-state index contributed by atoms with van der Waals surface area (Å²) in [6, 6.07) is 5.94. The van der Waals surface area contributed by atoms with Gasteiger partial charge >= 0.3 is 0 Å². The smallest absolute Gasteiger partial charge is 0.139 e. The number of halogens is 1. The van der Waals surface area contributed by atoms with E-state index in [1.54, 1.807) is 0 Å². The zero-order valence-corrected chi connectivity index (χ0v) is 14.7. The second kappa shape index (κ2) is 7.40. The lowest BCUT2D eigenvalue weighted by molar-refractivity contribution is 0.0368. The molecule has 130 valence electrons. The fourth-order valence-corrected chi connectivity index (χ4v) is 3.82. The van der Waals surface area contributed by atoms with Crippen molar-refractivity contribution in [2.45, 2.75) is 31.9 Å². The second-order valence-electron chi connectivity index (χ2n) is 6.56. The van der Waals surface area contributed by atoms with E-state index in [1.165, 1.54) is 0 Å². The molecule has 0 N–H and O–H groups in total. The fourth-order valence-electron chi connectivity index (χ4n) is 3.65. The van der Waals surface area contributed by atoms with Gasteiger partial charge in [0.25, 0.3) is 0 Å². The van der Waals surface area contributed by atoms with Crippen LogP contribution in [-0.4, -0.2) is 53.9 Å². The maximum absolute atomic E-state index is 6.22. The summed E-state index contributed by atoms with van der Waals surface area (Å²) in [7, 11) is 0. The van der Waals surface area contributed by atoms with Crippen LogP contribution in [0.5, 0.6) is 0 Å². The minimum atomic E-state index is 0.125. The van der Waals surface area contributed by atoms with Gasteiger partial charge in [-0.25, -0.2) is 4.98 Å². The van der Waals surface area contributed by atoms with Crippen molar-refractivity contribution < 1.29 is 9.47 Å². The Hall–Kier alpha value is -1.14. The number of nitrogens with zero attached hydrogens (tertiary/aromatic N) is 3. The number of morpholine rings is 1. The average Bonchev–Trinajstić information content (AvgIpc) is 3.24. The number of rotatable bonds is 5. The van der Waals surface area contributed by atoms with E-state index in [0.29, 0.717) is 0 Å². The summed E-state index contributed by atoms with van der Waals surface area (Å²) in [6.45, 7) is 6.65. The SMILES string of the molecule is Clc1ccc2nc(C3CCCO3)n(CCCN3CCOCC3)c2c1. The van der Waals surface area contributed by atoms with Crippen LogP contribution in [0, 0.1) is 0 Å². The monoisotopic (exact) mass is 349 g/mol. The van der Waals surface area contributed by atoms with Crippen LogP contribution in [0.25, 0.3) is 11.0 Å². The quantitative estimate of drug-likeness (QED) is 0.830. The molecule has 1 atom stereocenters. The number of imidazole rings is 1. The topological polar surface area (TPSA) is 39.5 Å². The van der Waals surface area contributed by atoms with E-state index < -0.39 is 0 Å². The molecule has 6 heteroatoms. The normalized spacial score (nSPS) is 22.5. The molecule has 0 bridgehead atoms. The van der Waals surface area contributed by atoms with E-state index >= 15 is 0 Å². The van der Waals surface area contributed by atoms with Gasteiger partial charge in [0.2, 0.25) is 0 Å². The Balaban J connectivity index is 1.54. The summed E-state index contributed by atoms with van der Waals surface area (Å²) in [5.41, 5.74) is 2.13. The van der Waals surface area contributed by atoms with Gasteiger partial charge in [0.15, 0.2) is 0 Å². The maximum atomic E-state index is 6.22. The zero-order valence-electron chi connectivity index (χ0n) is 13.9. The largest absolute Gasteiger partial charge is 0.379 e. The molecule has 24 heavy (non-hydrogen) atoms. The minimum Gasteiger partial charge on any atom is -0.379 e. The molecule has 2 aliphatic rings. The molecule has 0 amide bonds. The molecule has 4 rings (SSSR count). The van der Waals surface area contributed by atoms with Crippen LogP contribution in [0.1, 0.15) is 31.2 Å². The molecule has 2 aromatic rings. The fraction of sp³-hybridized carbons (Fsp3) is 0.611. The van der Waals surface area contributed by atoms with Crippen molar-refractivity contribution in [3.8, 4) is 0 Å². The van der Waals surface area contributed by atoms with E-state index in [4.69, 9.17) is 26.1 Å². The highest BCUT2D eigenvalue weighted by Gasteiger charge is 2.24. The summed E-state index contributed by atoms with van der Waals surface area (Å²) in [5, 5.41) is 0.760. The first-order chi connectivity index (χ1) is 11.8. The molecule has 0 spiro atoms. The highest BCUT2D eigenvalue weighted by molar-refractivity contribution is 6.31. The van der Waals surface area contributed by atoms with Crippen molar-refractivity contribution in [2.75, 3.05) is 39.5 Å². The summed E-state index contributed by atoms with van der Waals surface area (Å²) >= 11 is 6.22. The van der Waals surface area contributed by atoms with Crippen molar-refractivity contribution in [3.63, 3.8) is 0 Å². The van der Waals surface area contributed by atoms with Gasteiger partial charge in [-0.2, -0.15) is 0 Å². The van der Waals surface area contributed by atoms with Gasteiger partial charge in [0, 0.05) is 37.8 Å². The minimum absolute atomic E-state index is 0.125. The highest BCUT2D eigenvalue weighted by Crippen LogP contribution is 2.31. The van der Waals surface area contributed by atoms with E-state index in [9.17, 15) is 0 Å². The molecule has 0 saturated carbocycles. The number of hydrogen-bond donors (Lipinski definition) is 0. The van der Waals surface area contributed by atoms with Crippen LogP contribution in [0.4, 0.5) is 0 Å². The molecule has 1 unspecified atom stereocenters. The van der Waals surface area contributed by atoms with Crippen LogP contribution in [0.3, 0.4) is 0 Å². The van der Waals surface area contributed by atoms with Crippen molar-refractivity contribution >= 4 is 22.6 Å². The summed E-state index contributed by atoms with van der Waals surface area (Å²) in [5.74, 6) is 1.06. The predicted octanol–water partition coefficient (Wildman–Crippen LogP) is 3.26. The van der Waals surface area contributed by atoms with Gasteiger partial charge in [0.1, 0.15) is 11.9 Å². The van der Waals surface area contributed by atoms with Crippen molar-refractivity contribution in [1.82, 2.24) is 14.5 Å². The molecule has 5 nitrogen and oxygen atoms in total. The van der Waals surface area contributed by atoms with Gasteiger partial charge in [-0.3, -0.25) is 4.90 Å². The highest BCUT2D eigenvalue weighted by atomic mass is 35.5. The molecule has 1 aromatic carbocycles. The molecule has 0 radical (unpaired) electrons. The summed E-state index contributed by atoms with van der Waals surface area (Å²) in [4.78, 5) is 7.32. The molecule has 2 aliphatic heterocycles. The Morgan fingerprint density at radius 3 is 2.83 bits per heavy atom. The van der Waals surface area contributed by atoms with Crippen LogP contribution in [-0.2, 0) is 16.0 Å². The number of aromatic nitrogens is 2. The lowest BCUT2D eigenvalue weighted by Crippen LogP contribution is -2.37. The molecule has 2 fully saturated rings. The first kappa shape index (κ1) is 16.3. The first-order valence-electron chi connectivity index (χ1n) is 8.89. The average molecular weight is 350 g/mol. The molecule has 2 saturated heterocycles. The molecule has 1 aromatic heterocycles. The Bertz CT molecular complexity index is 691. The van der Waals surface area contributed by atoms with E-state index in [-0.39, 0.29) is 6.10 Å². The zero-order chi connectivity index (χ0) is 16.4. The maximum Gasteiger partial charge on any atom is 0.139 e. The van der Waals surface area contributed by atoms with Gasteiger partial charge in [-0.15, -0.1) is 0 Å². The standard InChI is InChI=1S/C18H24ClN3O2/c19-14-4-5-15-16(13-14)22(18(20-15)17-3-1-10-24-17)7-2-6-21-8-11-23-12-9-21/h4-5,13,17H,1-3,6-12H2. The van der Waals surface area contributed by atoms with Crippen LogP contribution in [0.2, 0.25) is 5.02 Å². The summed E-state index contributed by atoms with van der Waals surface area (Å²) in [6.07, 6.45) is 3.39. The van der Waals surface area contributed by atoms with E-state index in [0.717, 1.165) is 87.1 Å². The van der Waals surface area contributed by atoms with Crippen molar-refractivity contribution in [2.24, 2.45) is 0 Å². The first-order valence-corrected chi connectivity index (χ1v) is 9.26. The Morgan fingerprint density at radius 1 is 1.17 bits per heavy atom. The van der Waals surface area contributed by atoms with Crippen molar-refractivity contribution in [1.29, 1.82) is 0 Å². The third kappa shape index (κ3) is 3.45. The molecule has 0 aliphatic carbocycles. The van der Waals surface area contributed by atoms with E-state index in [1.807, 2.05) is 18.2 Å². The Kier molecular flexibility index (Phi) is 5.03. The number of hydrogen-bond acceptors (Lipinski definition) is 4. The Labute approximate surface area is 147 Å². The van der Waals surface area contributed by atoms with Crippen LogP contribution < -0.4 is 0 Å². The summed E-state index contributed by atoms with van der Waals surface area (Å²) < 4.78 is 13.6. The third-order valence-corrected chi connectivity index (χ3v) is 5.15. The number of fused-ring (bicyclic) bond motifs is 1. The van der Waals surface area contributed by atoms with Crippen molar-refractivity contribution in [3.05, 3.63) is 29.0 Å². The Morgan fingerprint density at radius 2 is 2.04 bits per heavy atom. The number of ether oxygens (including phenoxy) is 2. The van der Waals surface area contributed by atoms with Crippen LogP contribution >= 0.6 is 11.6 Å².